The summed E-state index contributed by atoms with van der Waals surface area (Å²) < 4.78 is 34.8. The van der Waals surface area contributed by atoms with E-state index in [1.807, 2.05) is 0 Å². The number of aryl methyl sites for hydroxylation is 1. The number of carbonyl (C=O) groups excluding carboxylic acids is 2. The molecule has 0 fully saturated rings. The van der Waals surface area contributed by atoms with Crippen molar-refractivity contribution in [2.24, 2.45) is 5.92 Å². The minimum Gasteiger partial charge on any atom is -0.493 e. The molecule has 0 bridgehead atoms. The van der Waals surface area contributed by atoms with E-state index in [2.05, 4.69) is 15.6 Å². The van der Waals surface area contributed by atoms with Gasteiger partial charge in [-0.2, -0.15) is 0 Å². The average Bonchev–Trinajstić information content (AvgIpc) is 2.69. The monoisotopic (exact) mass is 421 g/mol. The maximum absolute atomic E-state index is 12.6. The first kappa shape index (κ1) is 23.1. The minimum atomic E-state index is -2.59. The Morgan fingerprint density at radius 1 is 1.13 bits per heavy atom. The Kier molecular flexibility index (Phi) is 8.08. The van der Waals surface area contributed by atoms with Gasteiger partial charge in [-0.1, -0.05) is 19.9 Å². The summed E-state index contributed by atoms with van der Waals surface area (Å²) in [6.45, 7) is 4.70. The Bertz CT molecular complexity index is 904. The highest BCUT2D eigenvalue weighted by molar-refractivity contribution is 5.97. The van der Waals surface area contributed by atoms with E-state index >= 15 is 0 Å². The molecule has 0 aliphatic rings. The zero-order valence-electron chi connectivity index (χ0n) is 17.3. The molecule has 0 radical (unpaired) electrons. The van der Waals surface area contributed by atoms with Gasteiger partial charge in [0.2, 0.25) is 5.91 Å². The molecule has 2 N–H and O–H groups in total. The summed E-state index contributed by atoms with van der Waals surface area (Å²) in [6, 6.07) is 7.88. The van der Waals surface area contributed by atoms with Crippen LogP contribution in [-0.2, 0) is 11.3 Å². The number of hydrogen-bond donors (Lipinski definition) is 2. The van der Waals surface area contributed by atoms with Crippen molar-refractivity contribution in [3.63, 3.8) is 0 Å². The number of carbonyl (C=O) groups is 2. The zero-order valence-corrected chi connectivity index (χ0v) is 17.3. The van der Waals surface area contributed by atoms with Crippen LogP contribution in [0.25, 0.3) is 0 Å². The predicted molar refractivity (Wildman–Crippen MR) is 108 cm³/mol. The number of ether oxygens (including phenoxy) is 2. The molecular formula is C21H25F2N3O4. The third kappa shape index (κ3) is 6.68. The molecule has 1 aromatic heterocycles. The van der Waals surface area contributed by atoms with Crippen LogP contribution in [0.3, 0.4) is 0 Å². The number of halogens is 2. The second kappa shape index (κ2) is 10.5. The summed E-state index contributed by atoms with van der Waals surface area (Å²) >= 11 is 0. The van der Waals surface area contributed by atoms with Crippen LogP contribution in [0.4, 0.5) is 14.6 Å². The molecule has 0 unspecified atom stereocenters. The van der Waals surface area contributed by atoms with E-state index in [9.17, 15) is 18.4 Å². The second-order valence-corrected chi connectivity index (χ2v) is 6.90. The van der Waals surface area contributed by atoms with Crippen molar-refractivity contribution in [1.82, 2.24) is 10.3 Å². The fourth-order valence-electron chi connectivity index (χ4n) is 2.51. The SMILES string of the molecule is COc1cc(CNC(=O)c2cc(C)nc(NC(=O)C(C)C)c2)ccc1OCC(F)F. The molecule has 7 nitrogen and oxygen atoms in total. The molecule has 0 aliphatic heterocycles. The predicted octanol–water partition coefficient (Wildman–Crippen LogP) is 3.57. The number of anilines is 1. The van der Waals surface area contributed by atoms with Crippen LogP contribution in [-0.4, -0.2) is 36.9 Å². The van der Waals surface area contributed by atoms with E-state index in [-0.39, 0.29) is 30.0 Å². The van der Waals surface area contributed by atoms with Gasteiger partial charge in [0.25, 0.3) is 12.3 Å². The molecule has 0 spiro atoms. The number of benzene rings is 1. The molecule has 2 rings (SSSR count). The van der Waals surface area contributed by atoms with Crippen LogP contribution in [0.1, 0.15) is 35.5 Å². The number of hydrogen-bond acceptors (Lipinski definition) is 5. The van der Waals surface area contributed by atoms with E-state index in [0.717, 1.165) is 0 Å². The van der Waals surface area contributed by atoms with Gasteiger partial charge in [-0.15, -0.1) is 0 Å². The van der Waals surface area contributed by atoms with Gasteiger partial charge in [0, 0.05) is 23.7 Å². The van der Waals surface area contributed by atoms with Crippen molar-refractivity contribution in [2.45, 2.75) is 33.7 Å². The summed E-state index contributed by atoms with van der Waals surface area (Å²) in [4.78, 5) is 28.6. The average molecular weight is 421 g/mol. The van der Waals surface area contributed by atoms with Gasteiger partial charge in [0.1, 0.15) is 12.4 Å². The van der Waals surface area contributed by atoms with Crippen LogP contribution >= 0.6 is 0 Å². The molecular weight excluding hydrogens is 396 g/mol. The van der Waals surface area contributed by atoms with Crippen molar-refractivity contribution < 1.29 is 27.8 Å². The lowest BCUT2D eigenvalue weighted by atomic mass is 10.1. The minimum absolute atomic E-state index is 0.180. The molecule has 2 aromatic rings. The van der Waals surface area contributed by atoms with Crippen LogP contribution < -0.4 is 20.1 Å². The molecule has 0 aliphatic carbocycles. The Labute approximate surface area is 173 Å². The number of pyridine rings is 1. The lowest BCUT2D eigenvalue weighted by Gasteiger charge is -2.13. The largest absolute Gasteiger partial charge is 0.493 e. The summed E-state index contributed by atoms with van der Waals surface area (Å²) in [5.41, 5.74) is 1.64. The number of amides is 2. The number of alkyl halides is 2. The fraction of sp³-hybridized carbons (Fsp3) is 0.381. The number of aromatic nitrogens is 1. The Hall–Kier alpha value is -3.23. The summed E-state index contributed by atoms with van der Waals surface area (Å²) in [5, 5.41) is 5.45. The zero-order chi connectivity index (χ0) is 22.3. The van der Waals surface area contributed by atoms with Gasteiger partial charge < -0.3 is 20.1 Å². The smallest absolute Gasteiger partial charge is 0.272 e. The van der Waals surface area contributed by atoms with Gasteiger partial charge in [-0.05, 0) is 36.8 Å². The van der Waals surface area contributed by atoms with Gasteiger partial charge in [-0.3, -0.25) is 9.59 Å². The number of methoxy groups -OCH3 is 1. The van der Waals surface area contributed by atoms with Gasteiger partial charge in [0.05, 0.1) is 7.11 Å². The van der Waals surface area contributed by atoms with Crippen molar-refractivity contribution in [3.05, 3.63) is 47.2 Å². The summed E-state index contributed by atoms with van der Waals surface area (Å²) in [6.07, 6.45) is -2.59. The normalized spacial score (nSPS) is 10.8. The van der Waals surface area contributed by atoms with Crippen LogP contribution in [0.15, 0.2) is 30.3 Å². The molecule has 0 atom stereocenters. The van der Waals surface area contributed by atoms with Crippen molar-refractivity contribution >= 4 is 17.6 Å². The fourth-order valence-corrected chi connectivity index (χ4v) is 2.51. The third-order valence-electron chi connectivity index (χ3n) is 4.04. The van der Waals surface area contributed by atoms with Crippen LogP contribution in [0.2, 0.25) is 0 Å². The Balaban J connectivity index is 2.06. The molecule has 1 aromatic carbocycles. The summed E-state index contributed by atoms with van der Waals surface area (Å²) in [5.74, 6) is 0.0375. The first-order valence-corrected chi connectivity index (χ1v) is 9.35. The topological polar surface area (TPSA) is 89.5 Å². The van der Waals surface area contributed by atoms with E-state index < -0.39 is 13.0 Å². The lowest BCUT2D eigenvalue weighted by molar-refractivity contribution is -0.118. The maximum Gasteiger partial charge on any atom is 0.272 e. The number of rotatable bonds is 9. The second-order valence-electron chi connectivity index (χ2n) is 6.90. The van der Waals surface area contributed by atoms with Gasteiger partial charge in [0.15, 0.2) is 11.5 Å². The third-order valence-corrected chi connectivity index (χ3v) is 4.04. The first-order valence-electron chi connectivity index (χ1n) is 9.35. The Morgan fingerprint density at radius 2 is 1.87 bits per heavy atom. The molecule has 1 heterocycles. The lowest BCUT2D eigenvalue weighted by Crippen LogP contribution is -2.24. The van der Waals surface area contributed by atoms with Crippen molar-refractivity contribution in [3.8, 4) is 11.5 Å². The van der Waals surface area contributed by atoms with Crippen molar-refractivity contribution in [1.29, 1.82) is 0 Å². The van der Waals surface area contributed by atoms with E-state index in [1.165, 1.54) is 19.2 Å². The molecule has 9 heteroatoms. The molecule has 0 saturated heterocycles. The van der Waals surface area contributed by atoms with Gasteiger partial charge in [-0.25, -0.2) is 13.8 Å². The van der Waals surface area contributed by atoms with E-state index in [0.29, 0.717) is 28.4 Å². The molecule has 0 saturated carbocycles. The quantitative estimate of drug-likeness (QED) is 0.646. The van der Waals surface area contributed by atoms with Crippen LogP contribution in [0.5, 0.6) is 11.5 Å². The number of nitrogens with zero attached hydrogens (tertiary/aromatic N) is 1. The molecule has 2 amide bonds. The maximum atomic E-state index is 12.6. The highest BCUT2D eigenvalue weighted by atomic mass is 19.3. The van der Waals surface area contributed by atoms with Gasteiger partial charge >= 0.3 is 0 Å². The van der Waals surface area contributed by atoms with Crippen LogP contribution in [0, 0.1) is 12.8 Å². The highest BCUT2D eigenvalue weighted by Gasteiger charge is 2.13. The first-order chi connectivity index (χ1) is 14.2. The number of nitrogens with one attached hydrogen (secondary N) is 2. The van der Waals surface area contributed by atoms with Crippen molar-refractivity contribution in [2.75, 3.05) is 19.0 Å². The highest BCUT2D eigenvalue weighted by Crippen LogP contribution is 2.28. The standard InChI is InChI=1S/C21H25F2N3O4/c1-12(2)20(27)26-19-9-15(7-13(3)25-19)21(28)24-10-14-5-6-16(17(8-14)29-4)30-11-18(22)23/h5-9,12,18H,10-11H2,1-4H3,(H,24,28)(H,25,26,27). The summed E-state index contributed by atoms with van der Waals surface area (Å²) in [7, 11) is 1.40. The van der Waals surface area contributed by atoms with E-state index in [4.69, 9.17) is 9.47 Å². The molecule has 30 heavy (non-hydrogen) atoms. The van der Waals surface area contributed by atoms with E-state index in [1.54, 1.807) is 39.0 Å². The molecule has 162 valence electrons. The Morgan fingerprint density at radius 3 is 2.50 bits per heavy atom.